The molecule has 1 amide bonds. The van der Waals surface area contributed by atoms with E-state index in [0.29, 0.717) is 43.9 Å². The fraction of sp³-hybridized carbons (Fsp3) is 0.120. The highest BCUT2D eigenvalue weighted by Crippen LogP contribution is 2.29. The number of halogens is 3. The molecule has 1 N–H and O–H groups in total. The Labute approximate surface area is 210 Å². The maximum Gasteiger partial charge on any atom is 0.266 e. The van der Waals surface area contributed by atoms with E-state index in [4.69, 9.17) is 32.7 Å². The number of anilines is 1. The minimum absolute atomic E-state index is 0.0367. The Morgan fingerprint density at radius 3 is 2.64 bits per heavy atom. The third kappa shape index (κ3) is 7.00. The van der Waals surface area contributed by atoms with Gasteiger partial charge in [-0.05, 0) is 70.9 Å². The van der Waals surface area contributed by atoms with Crippen molar-refractivity contribution in [2.24, 2.45) is 0 Å². The van der Waals surface area contributed by atoms with Crippen molar-refractivity contribution in [1.29, 1.82) is 5.26 Å². The highest BCUT2D eigenvalue weighted by atomic mass is 79.9. The Morgan fingerprint density at radius 2 is 1.94 bits per heavy atom. The van der Waals surface area contributed by atoms with Crippen molar-refractivity contribution in [3.8, 4) is 17.6 Å². The SMILES string of the molecule is CCOc1cccc(NC(=O)/C(C#N)=C\c2ccc(OCc3ccc(Cl)cc3Cl)c(Br)c2)c1. The standard InChI is InChI=1S/C25H19BrCl2N2O3/c1-2-32-21-5-3-4-20(13-21)30-25(31)18(14-29)10-16-6-9-24(22(26)11-16)33-15-17-7-8-19(27)12-23(17)28/h3-13H,2,15H2,1H3,(H,30,31)/b18-10-. The lowest BCUT2D eigenvalue weighted by Gasteiger charge is -2.11. The Hall–Kier alpha value is -2.98. The molecule has 0 radical (unpaired) electrons. The summed E-state index contributed by atoms with van der Waals surface area (Å²) in [7, 11) is 0. The number of nitrogens with one attached hydrogen (secondary N) is 1. The van der Waals surface area contributed by atoms with E-state index in [1.807, 2.05) is 13.0 Å². The average molecular weight is 546 g/mol. The summed E-state index contributed by atoms with van der Waals surface area (Å²) in [6, 6.07) is 19.4. The molecule has 0 heterocycles. The van der Waals surface area contributed by atoms with Crippen LogP contribution in [-0.2, 0) is 11.4 Å². The first-order valence-electron chi connectivity index (χ1n) is 9.92. The topological polar surface area (TPSA) is 71.3 Å². The van der Waals surface area contributed by atoms with Gasteiger partial charge in [-0.1, -0.05) is 41.4 Å². The van der Waals surface area contributed by atoms with Crippen LogP contribution < -0.4 is 14.8 Å². The monoisotopic (exact) mass is 544 g/mol. The summed E-state index contributed by atoms with van der Waals surface area (Å²) < 4.78 is 11.9. The number of carbonyl (C=O) groups excluding carboxylic acids is 1. The second-order valence-electron chi connectivity index (χ2n) is 6.80. The van der Waals surface area contributed by atoms with Gasteiger partial charge in [0, 0.05) is 27.4 Å². The third-order valence-electron chi connectivity index (χ3n) is 4.43. The number of nitriles is 1. The summed E-state index contributed by atoms with van der Waals surface area (Å²) in [6.45, 7) is 2.65. The maximum atomic E-state index is 12.6. The zero-order chi connectivity index (χ0) is 23.8. The summed E-state index contributed by atoms with van der Waals surface area (Å²) in [6.07, 6.45) is 1.51. The molecule has 3 rings (SSSR count). The van der Waals surface area contributed by atoms with Crippen molar-refractivity contribution in [3.63, 3.8) is 0 Å². The van der Waals surface area contributed by atoms with E-state index in [9.17, 15) is 10.1 Å². The summed E-state index contributed by atoms with van der Waals surface area (Å²) in [5, 5.41) is 13.3. The van der Waals surface area contributed by atoms with Crippen molar-refractivity contribution >= 4 is 56.8 Å². The van der Waals surface area contributed by atoms with Gasteiger partial charge < -0.3 is 14.8 Å². The second-order valence-corrected chi connectivity index (χ2v) is 8.50. The molecule has 8 heteroatoms. The number of rotatable bonds is 8. The lowest BCUT2D eigenvalue weighted by molar-refractivity contribution is -0.112. The Morgan fingerprint density at radius 1 is 1.12 bits per heavy atom. The smallest absolute Gasteiger partial charge is 0.266 e. The van der Waals surface area contributed by atoms with Gasteiger partial charge in [-0.2, -0.15) is 5.26 Å². The molecule has 0 spiro atoms. The molecule has 0 saturated carbocycles. The normalized spacial score (nSPS) is 10.9. The van der Waals surface area contributed by atoms with Gasteiger partial charge >= 0.3 is 0 Å². The molecule has 0 aliphatic carbocycles. The van der Waals surface area contributed by atoms with Gasteiger partial charge in [0.2, 0.25) is 0 Å². The zero-order valence-electron chi connectivity index (χ0n) is 17.6. The van der Waals surface area contributed by atoms with Gasteiger partial charge in [-0.15, -0.1) is 0 Å². The predicted octanol–water partition coefficient (Wildman–Crippen LogP) is 7.28. The van der Waals surface area contributed by atoms with Gasteiger partial charge in [0.1, 0.15) is 29.7 Å². The first-order chi connectivity index (χ1) is 15.9. The van der Waals surface area contributed by atoms with Gasteiger partial charge in [0.15, 0.2) is 0 Å². The summed E-state index contributed by atoms with van der Waals surface area (Å²) in [5.41, 5.74) is 1.96. The molecule has 0 bridgehead atoms. The number of amides is 1. The second kappa shape index (κ2) is 11.8. The molecule has 0 aliphatic heterocycles. The molecular formula is C25H19BrCl2N2O3. The van der Waals surface area contributed by atoms with Crippen LogP contribution in [-0.4, -0.2) is 12.5 Å². The van der Waals surface area contributed by atoms with Crippen molar-refractivity contribution in [2.75, 3.05) is 11.9 Å². The lowest BCUT2D eigenvalue weighted by Crippen LogP contribution is -2.13. The molecule has 33 heavy (non-hydrogen) atoms. The van der Waals surface area contributed by atoms with Crippen LogP contribution in [0.2, 0.25) is 10.0 Å². The van der Waals surface area contributed by atoms with E-state index in [0.717, 1.165) is 5.56 Å². The molecule has 0 fully saturated rings. The van der Waals surface area contributed by atoms with Crippen molar-refractivity contribution in [3.05, 3.63) is 91.9 Å². The lowest BCUT2D eigenvalue weighted by atomic mass is 10.1. The van der Waals surface area contributed by atoms with Crippen molar-refractivity contribution < 1.29 is 14.3 Å². The molecule has 0 aromatic heterocycles. The van der Waals surface area contributed by atoms with Crippen LogP contribution in [0.3, 0.4) is 0 Å². The average Bonchev–Trinajstić information content (AvgIpc) is 2.78. The number of hydrogen-bond donors (Lipinski definition) is 1. The zero-order valence-corrected chi connectivity index (χ0v) is 20.7. The molecule has 0 saturated heterocycles. The predicted molar refractivity (Wildman–Crippen MR) is 135 cm³/mol. The van der Waals surface area contributed by atoms with Crippen LogP contribution in [0.25, 0.3) is 6.08 Å². The number of ether oxygens (including phenoxy) is 2. The largest absolute Gasteiger partial charge is 0.494 e. The van der Waals surface area contributed by atoms with E-state index in [1.54, 1.807) is 60.7 Å². The van der Waals surface area contributed by atoms with Crippen molar-refractivity contribution in [1.82, 2.24) is 0 Å². The van der Waals surface area contributed by atoms with Crippen molar-refractivity contribution in [2.45, 2.75) is 13.5 Å². The van der Waals surface area contributed by atoms with E-state index < -0.39 is 5.91 Å². The summed E-state index contributed by atoms with van der Waals surface area (Å²) in [5.74, 6) is 0.714. The molecule has 3 aromatic rings. The first-order valence-corrected chi connectivity index (χ1v) is 11.5. The van der Waals surface area contributed by atoms with E-state index >= 15 is 0 Å². The molecule has 3 aromatic carbocycles. The fourth-order valence-electron chi connectivity index (χ4n) is 2.86. The molecule has 0 aliphatic rings. The highest BCUT2D eigenvalue weighted by Gasteiger charge is 2.11. The van der Waals surface area contributed by atoms with E-state index in [1.165, 1.54) is 6.08 Å². The van der Waals surface area contributed by atoms with Gasteiger partial charge in [0.25, 0.3) is 5.91 Å². The number of benzene rings is 3. The minimum Gasteiger partial charge on any atom is -0.494 e. The van der Waals surface area contributed by atoms with Gasteiger partial charge in [-0.3, -0.25) is 4.79 Å². The third-order valence-corrected chi connectivity index (χ3v) is 5.64. The summed E-state index contributed by atoms with van der Waals surface area (Å²) >= 11 is 15.6. The molecular weight excluding hydrogens is 527 g/mol. The van der Waals surface area contributed by atoms with Crippen LogP contribution in [0.5, 0.6) is 11.5 Å². The molecule has 0 unspecified atom stereocenters. The molecule has 168 valence electrons. The Bertz CT molecular complexity index is 1240. The Balaban J connectivity index is 1.70. The van der Waals surface area contributed by atoms with E-state index in [2.05, 4.69) is 21.2 Å². The van der Waals surface area contributed by atoms with Gasteiger partial charge in [-0.25, -0.2) is 0 Å². The number of carbonyl (C=O) groups is 1. The van der Waals surface area contributed by atoms with E-state index in [-0.39, 0.29) is 12.2 Å². The number of hydrogen-bond acceptors (Lipinski definition) is 4. The highest BCUT2D eigenvalue weighted by molar-refractivity contribution is 9.10. The minimum atomic E-state index is -0.514. The van der Waals surface area contributed by atoms with Gasteiger partial charge in [0.05, 0.1) is 11.1 Å². The van der Waals surface area contributed by atoms with Crippen LogP contribution in [0.1, 0.15) is 18.1 Å². The maximum absolute atomic E-state index is 12.6. The molecule has 5 nitrogen and oxygen atoms in total. The number of nitrogens with zero attached hydrogens (tertiary/aromatic N) is 1. The molecule has 0 atom stereocenters. The first kappa shape index (κ1) is 24.7. The van der Waals surface area contributed by atoms with Crippen LogP contribution in [0, 0.1) is 11.3 Å². The quantitative estimate of drug-likeness (QED) is 0.238. The fourth-order valence-corrected chi connectivity index (χ4v) is 3.84. The Kier molecular flexibility index (Phi) is 8.79. The van der Waals surface area contributed by atoms with Crippen LogP contribution in [0.15, 0.2) is 70.7 Å². The summed E-state index contributed by atoms with van der Waals surface area (Å²) in [4.78, 5) is 12.6. The van der Waals surface area contributed by atoms with Crippen LogP contribution in [0.4, 0.5) is 5.69 Å². The van der Waals surface area contributed by atoms with Crippen LogP contribution >= 0.6 is 39.1 Å².